The molecule has 1 saturated heterocycles. The Labute approximate surface area is 158 Å². The van der Waals surface area contributed by atoms with Crippen molar-refractivity contribution >= 4 is 33.5 Å². The predicted molar refractivity (Wildman–Crippen MR) is 97.2 cm³/mol. The van der Waals surface area contributed by atoms with E-state index in [1.54, 1.807) is 13.8 Å². The number of esters is 1. The molecule has 1 fully saturated rings. The highest BCUT2D eigenvalue weighted by molar-refractivity contribution is 7.89. The third-order valence-corrected chi connectivity index (χ3v) is 6.16. The van der Waals surface area contributed by atoms with Crippen LogP contribution in [0.2, 0.25) is 5.02 Å². The molecule has 26 heavy (non-hydrogen) atoms. The Morgan fingerprint density at radius 1 is 1.23 bits per heavy atom. The first-order chi connectivity index (χ1) is 12.1. The van der Waals surface area contributed by atoms with E-state index in [9.17, 15) is 18.0 Å². The number of hydrogen-bond acceptors (Lipinski definition) is 5. The van der Waals surface area contributed by atoms with Crippen LogP contribution in [0.15, 0.2) is 29.2 Å². The van der Waals surface area contributed by atoms with Crippen molar-refractivity contribution in [1.82, 2.24) is 9.62 Å². The number of halogens is 1. The van der Waals surface area contributed by atoms with Crippen LogP contribution in [0.1, 0.15) is 33.6 Å². The molecule has 2 rings (SSSR count). The molecule has 1 aliphatic heterocycles. The number of benzene rings is 1. The van der Waals surface area contributed by atoms with Gasteiger partial charge >= 0.3 is 5.97 Å². The zero-order chi connectivity index (χ0) is 19.5. The molecule has 7 nitrogen and oxygen atoms in total. The number of carbonyl (C=O) groups is 2. The first-order valence-electron chi connectivity index (χ1n) is 8.41. The Morgan fingerprint density at radius 3 is 2.42 bits per heavy atom. The molecule has 1 aromatic rings. The second-order valence-corrected chi connectivity index (χ2v) is 8.80. The Morgan fingerprint density at radius 2 is 1.85 bits per heavy atom. The number of sulfonamides is 1. The van der Waals surface area contributed by atoms with E-state index >= 15 is 0 Å². The van der Waals surface area contributed by atoms with Crippen molar-refractivity contribution in [3.63, 3.8) is 0 Å². The van der Waals surface area contributed by atoms with Crippen LogP contribution in [-0.2, 0) is 24.3 Å². The minimum Gasteiger partial charge on any atom is -0.451 e. The highest BCUT2D eigenvalue weighted by Gasteiger charge is 2.41. The quantitative estimate of drug-likeness (QED) is 0.734. The molecule has 1 amide bonds. The van der Waals surface area contributed by atoms with Crippen molar-refractivity contribution in [3.05, 3.63) is 29.3 Å². The van der Waals surface area contributed by atoms with E-state index < -0.39 is 34.0 Å². The molecule has 1 N–H and O–H groups in total. The second-order valence-electron chi connectivity index (χ2n) is 6.47. The second kappa shape index (κ2) is 8.37. The van der Waals surface area contributed by atoms with Crippen LogP contribution < -0.4 is 5.32 Å². The van der Waals surface area contributed by atoms with E-state index in [1.165, 1.54) is 31.2 Å². The standard InChI is InChI=1S/C17H23ClN2O5S/c1-11(2)19-16(21)12(3)25-17(22)15-5-4-10-20(15)26(23,24)14-8-6-13(18)7-9-14/h6-9,11-12,15H,4-5,10H2,1-3H3,(H,19,21)/t12-,15+/m1/s1. The summed E-state index contributed by atoms with van der Waals surface area (Å²) in [6, 6.07) is 4.74. The lowest BCUT2D eigenvalue weighted by Crippen LogP contribution is -2.45. The summed E-state index contributed by atoms with van der Waals surface area (Å²) in [4.78, 5) is 24.4. The molecule has 0 radical (unpaired) electrons. The molecule has 1 heterocycles. The monoisotopic (exact) mass is 402 g/mol. The van der Waals surface area contributed by atoms with Gasteiger partial charge in [0.25, 0.3) is 5.91 Å². The van der Waals surface area contributed by atoms with Gasteiger partial charge < -0.3 is 10.1 Å². The van der Waals surface area contributed by atoms with E-state index in [0.29, 0.717) is 17.9 Å². The van der Waals surface area contributed by atoms with Gasteiger partial charge in [-0.15, -0.1) is 0 Å². The normalized spacial score (nSPS) is 19.3. The lowest BCUT2D eigenvalue weighted by Gasteiger charge is -2.24. The third-order valence-electron chi connectivity index (χ3n) is 3.99. The summed E-state index contributed by atoms with van der Waals surface area (Å²) in [7, 11) is -3.85. The lowest BCUT2D eigenvalue weighted by atomic mass is 10.2. The number of carbonyl (C=O) groups excluding carboxylic acids is 2. The van der Waals surface area contributed by atoms with Crippen molar-refractivity contribution in [1.29, 1.82) is 0 Å². The zero-order valence-corrected chi connectivity index (χ0v) is 16.5. The van der Waals surface area contributed by atoms with Gasteiger partial charge in [0.2, 0.25) is 10.0 Å². The van der Waals surface area contributed by atoms with Crippen LogP contribution in [-0.4, -0.2) is 49.3 Å². The van der Waals surface area contributed by atoms with Crippen LogP contribution in [0.4, 0.5) is 0 Å². The summed E-state index contributed by atoms with van der Waals surface area (Å²) < 4.78 is 32.0. The number of nitrogens with one attached hydrogen (secondary N) is 1. The number of nitrogens with zero attached hydrogens (tertiary/aromatic N) is 1. The maximum atomic E-state index is 12.8. The minimum atomic E-state index is -3.85. The minimum absolute atomic E-state index is 0.0622. The largest absolute Gasteiger partial charge is 0.451 e. The summed E-state index contributed by atoms with van der Waals surface area (Å²) in [6.45, 7) is 5.27. The fourth-order valence-electron chi connectivity index (χ4n) is 2.71. The van der Waals surface area contributed by atoms with E-state index in [0.717, 1.165) is 4.31 Å². The van der Waals surface area contributed by atoms with Crippen LogP contribution in [0, 0.1) is 0 Å². The molecule has 2 atom stereocenters. The maximum absolute atomic E-state index is 12.8. The molecule has 0 bridgehead atoms. The van der Waals surface area contributed by atoms with E-state index in [-0.39, 0.29) is 17.5 Å². The van der Waals surface area contributed by atoms with E-state index in [1.807, 2.05) is 0 Å². The fourth-order valence-corrected chi connectivity index (χ4v) is 4.49. The van der Waals surface area contributed by atoms with Gasteiger partial charge in [-0.1, -0.05) is 11.6 Å². The van der Waals surface area contributed by atoms with Gasteiger partial charge in [0.05, 0.1) is 4.90 Å². The third kappa shape index (κ3) is 4.75. The van der Waals surface area contributed by atoms with Crippen LogP contribution in [0.25, 0.3) is 0 Å². The number of hydrogen-bond donors (Lipinski definition) is 1. The van der Waals surface area contributed by atoms with Gasteiger partial charge in [0, 0.05) is 17.6 Å². The first-order valence-corrected chi connectivity index (χ1v) is 10.2. The fraction of sp³-hybridized carbons (Fsp3) is 0.529. The molecule has 0 saturated carbocycles. The highest BCUT2D eigenvalue weighted by Crippen LogP contribution is 2.27. The van der Waals surface area contributed by atoms with Gasteiger partial charge in [-0.05, 0) is 57.9 Å². The highest BCUT2D eigenvalue weighted by atomic mass is 35.5. The number of amides is 1. The average Bonchev–Trinajstić information content (AvgIpc) is 3.05. The van der Waals surface area contributed by atoms with E-state index in [2.05, 4.69) is 5.32 Å². The van der Waals surface area contributed by atoms with Gasteiger partial charge in [-0.2, -0.15) is 4.31 Å². The Balaban J connectivity index is 2.12. The smallest absolute Gasteiger partial charge is 0.325 e. The van der Waals surface area contributed by atoms with Gasteiger partial charge in [0.1, 0.15) is 6.04 Å². The molecule has 0 unspecified atom stereocenters. The Kier molecular flexibility index (Phi) is 6.65. The molecule has 9 heteroatoms. The molecule has 0 aromatic heterocycles. The Hall–Kier alpha value is -1.64. The van der Waals surface area contributed by atoms with Crippen LogP contribution in [0.3, 0.4) is 0 Å². The molecular weight excluding hydrogens is 380 g/mol. The predicted octanol–water partition coefficient (Wildman–Crippen LogP) is 1.95. The van der Waals surface area contributed by atoms with Crippen molar-refractivity contribution in [3.8, 4) is 0 Å². The van der Waals surface area contributed by atoms with Gasteiger partial charge in [-0.25, -0.2) is 8.42 Å². The maximum Gasteiger partial charge on any atom is 0.325 e. The van der Waals surface area contributed by atoms with Crippen molar-refractivity contribution in [2.75, 3.05) is 6.54 Å². The summed E-state index contributed by atoms with van der Waals surface area (Å²) in [5, 5.41) is 3.07. The SMILES string of the molecule is CC(C)NC(=O)[C@@H](C)OC(=O)[C@@H]1CCCN1S(=O)(=O)c1ccc(Cl)cc1. The molecule has 0 spiro atoms. The average molecular weight is 403 g/mol. The van der Waals surface area contributed by atoms with Gasteiger partial charge in [0.15, 0.2) is 6.10 Å². The topological polar surface area (TPSA) is 92.8 Å². The summed E-state index contributed by atoms with van der Waals surface area (Å²) >= 11 is 5.80. The molecular formula is C17H23ClN2O5S. The Bertz CT molecular complexity index is 764. The molecule has 1 aliphatic rings. The van der Waals surface area contributed by atoms with Gasteiger partial charge in [-0.3, -0.25) is 9.59 Å². The number of rotatable bonds is 6. The van der Waals surface area contributed by atoms with Crippen molar-refractivity contribution in [2.24, 2.45) is 0 Å². The van der Waals surface area contributed by atoms with E-state index in [4.69, 9.17) is 16.3 Å². The summed E-state index contributed by atoms with van der Waals surface area (Å²) in [6.07, 6.45) is -0.103. The zero-order valence-electron chi connectivity index (χ0n) is 14.9. The number of ether oxygens (including phenoxy) is 1. The summed E-state index contributed by atoms with van der Waals surface area (Å²) in [5.41, 5.74) is 0. The van der Waals surface area contributed by atoms with Crippen molar-refractivity contribution < 1.29 is 22.7 Å². The summed E-state index contributed by atoms with van der Waals surface area (Å²) in [5.74, 6) is -1.13. The lowest BCUT2D eigenvalue weighted by molar-refractivity contribution is -0.158. The molecule has 144 valence electrons. The first kappa shape index (κ1) is 20.7. The van der Waals surface area contributed by atoms with Crippen LogP contribution >= 0.6 is 11.6 Å². The van der Waals surface area contributed by atoms with Crippen molar-refractivity contribution in [2.45, 2.75) is 56.7 Å². The molecule has 0 aliphatic carbocycles. The van der Waals surface area contributed by atoms with Crippen LogP contribution in [0.5, 0.6) is 0 Å². The molecule has 1 aromatic carbocycles.